The van der Waals surface area contributed by atoms with Crippen LogP contribution in [0.25, 0.3) is 0 Å². The third-order valence-corrected chi connectivity index (χ3v) is 5.64. The molecule has 9 heteroatoms. The summed E-state index contributed by atoms with van der Waals surface area (Å²) in [5.41, 5.74) is 8.71. The Kier molecular flexibility index (Phi) is 7.29. The molecule has 0 radical (unpaired) electrons. The zero-order valence-electron chi connectivity index (χ0n) is 19.2. The molecular weight excluding hydrogens is 406 g/mol. The first-order valence-corrected chi connectivity index (χ1v) is 11.0. The lowest BCUT2D eigenvalue weighted by molar-refractivity contribution is 0.0950. The van der Waals surface area contributed by atoms with Crippen LogP contribution in [-0.2, 0) is 6.54 Å². The number of hydrogen-bond acceptors (Lipinski definition) is 7. The molecule has 0 bridgehead atoms. The first-order valence-electron chi connectivity index (χ1n) is 11.0. The number of H-pyrrole nitrogens is 1. The number of rotatable bonds is 7. The molecule has 32 heavy (non-hydrogen) atoms. The largest absolute Gasteiger partial charge is 0.367 e. The summed E-state index contributed by atoms with van der Waals surface area (Å²) >= 11 is 0. The summed E-state index contributed by atoms with van der Waals surface area (Å²) in [6.45, 7) is 9.25. The summed E-state index contributed by atoms with van der Waals surface area (Å²) in [6.07, 6.45) is 2.86. The van der Waals surface area contributed by atoms with E-state index in [1.807, 2.05) is 33.8 Å². The summed E-state index contributed by atoms with van der Waals surface area (Å²) in [5.74, 6) is 0.823. The van der Waals surface area contributed by atoms with Gasteiger partial charge in [-0.15, -0.1) is 0 Å². The molecule has 2 aromatic heterocycles. The number of piperidine rings is 1. The average Bonchev–Trinajstić information content (AvgIpc) is 2.72. The van der Waals surface area contributed by atoms with Crippen LogP contribution in [0.1, 0.15) is 59.4 Å². The van der Waals surface area contributed by atoms with Gasteiger partial charge in [-0.2, -0.15) is 0 Å². The van der Waals surface area contributed by atoms with Gasteiger partial charge in [0.1, 0.15) is 11.6 Å². The molecular formula is C23H33N7O2. The van der Waals surface area contributed by atoms with Gasteiger partial charge in [-0.3, -0.25) is 9.59 Å². The molecule has 0 spiro atoms. The van der Waals surface area contributed by atoms with Crippen molar-refractivity contribution in [3.05, 3.63) is 50.4 Å². The molecule has 3 rings (SSSR count). The quantitative estimate of drug-likeness (QED) is 0.418. The Morgan fingerprint density at radius 1 is 1.34 bits per heavy atom. The number of nitrogens with one attached hydrogen (secondary N) is 4. The summed E-state index contributed by atoms with van der Waals surface area (Å²) in [6, 6.07) is 3.86. The van der Waals surface area contributed by atoms with Crippen LogP contribution in [0.2, 0.25) is 0 Å². The Bertz CT molecular complexity index is 1050. The van der Waals surface area contributed by atoms with E-state index in [0.29, 0.717) is 28.3 Å². The fourth-order valence-corrected chi connectivity index (χ4v) is 3.91. The van der Waals surface area contributed by atoms with Gasteiger partial charge >= 0.3 is 0 Å². The molecule has 0 saturated carbocycles. The first-order chi connectivity index (χ1) is 15.2. The second-order valence-corrected chi connectivity index (χ2v) is 8.68. The van der Waals surface area contributed by atoms with Crippen LogP contribution in [0.3, 0.4) is 0 Å². The molecule has 6 N–H and O–H groups in total. The van der Waals surface area contributed by atoms with E-state index in [-0.39, 0.29) is 30.1 Å². The lowest BCUT2D eigenvalue weighted by Crippen LogP contribution is -2.40. The van der Waals surface area contributed by atoms with Crippen LogP contribution in [0, 0.1) is 19.3 Å². The van der Waals surface area contributed by atoms with E-state index in [9.17, 15) is 9.59 Å². The third kappa shape index (κ3) is 5.34. The average molecular weight is 440 g/mol. The normalized spacial score (nSPS) is 14.5. The smallest absolute Gasteiger partial charge is 0.253 e. The Hall–Kier alpha value is -3.20. The van der Waals surface area contributed by atoms with Gasteiger partial charge in [-0.1, -0.05) is 0 Å². The molecule has 1 amide bonds. The minimum absolute atomic E-state index is 0.0795. The Balaban J connectivity index is 1.94. The van der Waals surface area contributed by atoms with Gasteiger partial charge in [-0.25, -0.2) is 4.98 Å². The Labute approximate surface area is 188 Å². The maximum absolute atomic E-state index is 13.2. The molecule has 1 fully saturated rings. The van der Waals surface area contributed by atoms with Crippen molar-refractivity contribution in [3.63, 3.8) is 0 Å². The van der Waals surface area contributed by atoms with Crippen LogP contribution in [0.5, 0.6) is 0 Å². The number of hydrogen-bond donors (Lipinski definition) is 5. The van der Waals surface area contributed by atoms with Gasteiger partial charge in [0.2, 0.25) is 0 Å². The highest BCUT2D eigenvalue weighted by atomic mass is 16.1. The minimum Gasteiger partial charge on any atom is -0.367 e. The van der Waals surface area contributed by atoms with Crippen molar-refractivity contribution in [3.8, 4) is 0 Å². The highest BCUT2D eigenvalue weighted by Crippen LogP contribution is 2.26. The molecule has 1 aliphatic rings. The van der Waals surface area contributed by atoms with Crippen molar-refractivity contribution in [2.45, 2.75) is 59.2 Å². The molecule has 1 saturated heterocycles. The topological polar surface area (TPSA) is 140 Å². The van der Waals surface area contributed by atoms with Gasteiger partial charge in [0, 0.05) is 54.8 Å². The van der Waals surface area contributed by atoms with Gasteiger partial charge in [0.05, 0.1) is 5.56 Å². The number of amides is 1. The summed E-state index contributed by atoms with van der Waals surface area (Å²) in [4.78, 5) is 35.1. The number of aryl methyl sites for hydroxylation is 2. The SMILES string of the molecule is Cc1cc(C)c(CNC(=O)c2cc(N3CCC(N)CC3)nc(NC(C)C)c2C=N)c(=O)[nH]1. The van der Waals surface area contributed by atoms with Crippen molar-refractivity contribution in [2.24, 2.45) is 5.73 Å². The van der Waals surface area contributed by atoms with Gasteiger partial charge in [0.15, 0.2) is 0 Å². The lowest BCUT2D eigenvalue weighted by atomic mass is 10.0. The van der Waals surface area contributed by atoms with Gasteiger partial charge in [0.25, 0.3) is 11.5 Å². The van der Waals surface area contributed by atoms with Crippen molar-refractivity contribution < 1.29 is 4.79 Å². The predicted molar refractivity (Wildman–Crippen MR) is 128 cm³/mol. The molecule has 0 aromatic carbocycles. The van der Waals surface area contributed by atoms with E-state index >= 15 is 0 Å². The van der Waals surface area contributed by atoms with E-state index < -0.39 is 0 Å². The highest BCUT2D eigenvalue weighted by Gasteiger charge is 2.23. The van der Waals surface area contributed by atoms with Crippen LogP contribution >= 0.6 is 0 Å². The molecule has 2 aromatic rings. The number of nitrogens with zero attached hydrogens (tertiary/aromatic N) is 2. The number of aromatic nitrogens is 2. The van der Waals surface area contributed by atoms with E-state index in [2.05, 4.69) is 20.5 Å². The summed E-state index contributed by atoms with van der Waals surface area (Å²) in [7, 11) is 0. The molecule has 172 valence electrons. The first kappa shape index (κ1) is 23.5. The third-order valence-electron chi connectivity index (χ3n) is 5.64. The van der Waals surface area contributed by atoms with Crippen LogP contribution in [0.15, 0.2) is 16.9 Å². The second kappa shape index (κ2) is 9.95. The summed E-state index contributed by atoms with van der Waals surface area (Å²) < 4.78 is 0. The Morgan fingerprint density at radius 2 is 2.03 bits per heavy atom. The van der Waals surface area contributed by atoms with Crippen molar-refractivity contribution >= 4 is 23.8 Å². The van der Waals surface area contributed by atoms with E-state index in [1.165, 1.54) is 0 Å². The van der Waals surface area contributed by atoms with Crippen LogP contribution in [0.4, 0.5) is 11.6 Å². The number of nitrogens with two attached hydrogens (primary N) is 1. The van der Waals surface area contributed by atoms with Gasteiger partial charge < -0.3 is 31.7 Å². The standard InChI is InChI=1S/C23H33N7O2/c1-13(2)27-21-18(11-24)17(10-20(29-21)30-7-5-16(25)6-8-30)22(31)26-12-19-14(3)9-15(4)28-23(19)32/h9-11,13,16,24H,5-8,12,25H2,1-4H3,(H,26,31)(H,27,29)(H,28,32). The number of aromatic amines is 1. The molecule has 9 nitrogen and oxygen atoms in total. The molecule has 1 aliphatic heterocycles. The molecule has 0 atom stereocenters. The molecule has 0 aliphatic carbocycles. The van der Waals surface area contributed by atoms with Crippen molar-refractivity contribution in [1.29, 1.82) is 5.41 Å². The fourth-order valence-electron chi connectivity index (χ4n) is 3.91. The number of carbonyl (C=O) groups excluding carboxylic acids is 1. The fraction of sp³-hybridized carbons (Fsp3) is 0.478. The zero-order valence-corrected chi connectivity index (χ0v) is 19.2. The van der Waals surface area contributed by atoms with Crippen molar-refractivity contribution in [1.82, 2.24) is 15.3 Å². The maximum atomic E-state index is 13.2. The second-order valence-electron chi connectivity index (χ2n) is 8.68. The zero-order chi connectivity index (χ0) is 23.4. The predicted octanol–water partition coefficient (Wildman–Crippen LogP) is 2.06. The maximum Gasteiger partial charge on any atom is 0.253 e. The number of anilines is 2. The summed E-state index contributed by atoms with van der Waals surface area (Å²) in [5, 5.41) is 14.0. The number of pyridine rings is 2. The minimum atomic E-state index is -0.355. The molecule has 3 heterocycles. The van der Waals surface area contributed by atoms with Crippen molar-refractivity contribution in [2.75, 3.05) is 23.3 Å². The van der Waals surface area contributed by atoms with E-state index in [0.717, 1.165) is 43.4 Å². The lowest BCUT2D eigenvalue weighted by Gasteiger charge is -2.32. The van der Waals surface area contributed by atoms with E-state index in [4.69, 9.17) is 16.1 Å². The van der Waals surface area contributed by atoms with Crippen LogP contribution in [-0.4, -0.2) is 47.3 Å². The van der Waals surface area contributed by atoms with E-state index in [1.54, 1.807) is 6.07 Å². The Morgan fingerprint density at radius 3 is 2.62 bits per heavy atom. The molecule has 0 unspecified atom stereocenters. The monoisotopic (exact) mass is 439 g/mol. The number of carbonyl (C=O) groups is 1. The highest BCUT2D eigenvalue weighted by molar-refractivity contribution is 6.05. The van der Waals surface area contributed by atoms with Gasteiger partial charge in [-0.05, 0) is 58.2 Å². The van der Waals surface area contributed by atoms with Crippen LogP contribution < -0.4 is 26.8 Å².